The molecule has 0 saturated carbocycles. The minimum atomic E-state index is -4.43. The van der Waals surface area contributed by atoms with E-state index in [1.807, 2.05) is 31.2 Å². The van der Waals surface area contributed by atoms with E-state index in [2.05, 4.69) is 34.0 Å². The maximum absolute atomic E-state index is 10.8. The lowest BCUT2D eigenvalue weighted by Crippen LogP contribution is -2.77. The summed E-state index contributed by atoms with van der Waals surface area (Å²) >= 11 is 0. The van der Waals surface area contributed by atoms with Gasteiger partial charge in [0.2, 0.25) is 0 Å². The minimum Gasteiger partial charge on any atom is -0.744 e. The maximum atomic E-state index is 10.8. The van der Waals surface area contributed by atoms with Gasteiger partial charge in [-0.2, -0.15) is 10.2 Å². The van der Waals surface area contributed by atoms with E-state index in [4.69, 9.17) is 11.5 Å². The summed E-state index contributed by atoms with van der Waals surface area (Å²) in [6.07, 6.45) is 0. The van der Waals surface area contributed by atoms with Gasteiger partial charge in [0, 0.05) is 18.8 Å². The molecule has 0 aliphatic carbocycles. The van der Waals surface area contributed by atoms with Crippen LogP contribution in [0.5, 0.6) is 0 Å². The van der Waals surface area contributed by atoms with E-state index in [1.165, 1.54) is 24.3 Å². The van der Waals surface area contributed by atoms with Crippen molar-refractivity contribution in [3.8, 4) is 0 Å². The zero-order chi connectivity index (χ0) is 21.9. The van der Waals surface area contributed by atoms with Gasteiger partial charge in [-0.25, -0.2) is 8.42 Å². The van der Waals surface area contributed by atoms with Gasteiger partial charge >= 0.3 is 5.96 Å². The Morgan fingerprint density at radius 1 is 0.931 bits per heavy atom. The molecule has 0 heterocycles. The fraction of sp³-hybridized carbons (Fsp3) is 0.316. The Morgan fingerprint density at radius 3 is 1.69 bits per heavy atom. The molecule has 0 radical (unpaired) electrons. The summed E-state index contributed by atoms with van der Waals surface area (Å²) in [4.78, 5) is 4.63. The van der Waals surface area contributed by atoms with Crippen LogP contribution in [0.15, 0.2) is 63.7 Å². The van der Waals surface area contributed by atoms with Crippen LogP contribution in [0, 0.1) is 0 Å². The standard InChI is InChI=1S/C16H19N3O3S.C3H9N3/c1-3-19(4-2)15-9-5-13(6-10-15)17-18-14-7-11-16(12-8-14)23(20,21)22;1-2-6-3(4)5/h5-12H,3-4H2,1-2H3,(H,20,21,22);2H2,1H3,(H4,4,5,6). The molecule has 0 aliphatic rings. The fourth-order valence-electron chi connectivity index (χ4n) is 2.32. The highest BCUT2D eigenvalue weighted by Crippen LogP contribution is 2.23. The molecule has 0 aromatic heterocycles. The van der Waals surface area contributed by atoms with Crippen LogP contribution < -0.4 is 21.4 Å². The van der Waals surface area contributed by atoms with E-state index in [0.29, 0.717) is 11.4 Å². The van der Waals surface area contributed by atoms with Crippen molar-refractivity contribution in [1.29, 1.82) is 0 Å². The van der Waals surface area contributed by atoms with Crippen LogP contribution in [-0.4, -0.2) is 38.6 Å². The monoisotopic (exact) mass is 420 g/mol. The number of azo groups is 1. The third-order valence-corrected chi connectivity index (χ3v) is 4.62. The number of rotatable bonds is 7. The van der Waals surface area contributed by atoms with Crippen molar-refractivity contribution in [1.82, 2.24) is 0 Å². The van der Waals surface area contributed by atoms with E-state index < -0.39 is 10.1 Å². The second-order valence-corrected chi connectivity index (χ2v) is 7.20. The smallest absolute Gasteiger partial charge is 0.338 e. The van der Waals surface area contributed by atoms with Crippen LogP contribution in [0.25, 0.3) is 0 Å². The van der Waals surface area contributed by atoms with E-state index in [9.17, 15) is 13.0 Å². The van der Waals surface area contributed by atoms with Gasteiger partial charge in [0.1, 0.15) is 10.1 Å². The molecule has 0 unspecified atom stereocenters. The van der Waals surface area contributed by atoms with Crippen LogP contribution in [0.1, 0.15) is 20.8 Å². The fourth-order valence-corrected chi connectivity index (χ4v) is 2.79. The lowest BCUT2D eigenvalue weighted by molar-refractivity contribution is -0.454. The molecule has 2 aromatic rings. The average molecular weight is 421 g/mol. The number of nitrogens with two attached hydrogens (primary N) is 2. The van der Waals surface area contributed by atoms with Gasteiger partial charge in [-0.15, -0.1) is 0 Å². The quantitative estimate of drug-likeness (QED) is 0.265. The lowest BCUT2D eigenvalue weighted by atomic mass is 10.2. The first-order chi connectivity index (χ1) is 13.7. The first-order valence-electron chi connectivity index (χ1n) is 9.15. The van der Waals surface area contributed by atoms with Crippen molar-refractivity contribution in [3.05, 3.63) is 48.5 Å². The molecular formula is C19H28N6O3S. The predicted octanol–water partition coefficient (Wildman–Crippen LogP) is 1.21. The lowest BCUT2D eigenvalue weighted by Gasteiger charge is -2.20. The van der Waals surface area contributed by atoms with Gasteiger partial charge < -0.3 is 9.45 Å². The van der Waals surface area contributed by atoms with Gasteiger partial charge in [0.05, 0.1) is 22.8 Å². The molecule has 29 heavy (non-hydrogen) atoms. The molecule has 0 bridgehead atoms. The van der Waals surface area contributed by atoms with Crippen molar-refractivity contribution in [2.45, 2.75) is 25.7 Å². The Bertz CT molecular complexity index is 902. The largest absolute Gasteiger partial charge is 0.744 e. The van der Waals surface area contributed by atoms with E-state index >= 15 is 0 Å². The SMILES string of the molecule is CCN(CC)c1ccc(N=Nc2ccc(S(=O)(=O)[O-])cc2)cc1.CC[NH+]=C(N)N. The molecule has 5 N–H and O–H groups in total. The number of hydrogen-bond acceptors (Lipinski definition) is 6. The number of benzene rings is 2. The molecule has 10 heteroatoms. The molecule has 2 aromatic carbocycles. The van der Waals surface area contributed by atoms with Crippen LogP contribution in [0.4, 0.5) is 17.1 Å². The minimum absolute atomic E-state index is 0.278. The highest BCUT2D eigenvalue weighted by molar-refractivity contribution is 7.85. The topological polar surface area (TPSA) is 151 Å². The molecule has 158 valence electrons. The van der Waals surface area contributed by atoms with E-state index in [0.717, 1.165) is 25.3 Å². The van der Waals surface area contributed by atoms with Crippen molar-refractivity contribution in [3.63, 3.8) is 0 Å². The Balaban J connectivity index is 0.000000612. The van der Waals surface area contributed by atoms with Crippen molar-refractivity contribution in [2.75, 3.05) is 24.5 Å². The van der Waals surface area contributed by atoms with Crippen molar-refractivity contribution in [2.24, 2.45) is 21.7 Å². The summed E-state index contributed by atoms with van der Waals surface area (Å²) in [5, 5.41) is 8.13. The molecule has 2 rings (SSSR count). The van der Waals surface area contributed by atoms with Gasteiger partial charge in [0.15, 0.2) is 0 Å². The molecule has 0 atom stereocenters. The second kappa shape index (κ2) is 11.8. The number of nitrogens with zero attached hydrogens (tertiary/aromatic N) is 3. The van der Waals surface area contributed by atoms with Crippen molar-refractivity contribution < 1.29 is 18.0 Å². The summed E-state index contributed by atoms with van der Waals surface area (Å²) in [5.41, 5.74) is 12.3. The Hall–Kier alpha value is -2.98. The second-order valence-electron chi connectivity index (χ2n) is 5.82. The highest BCUT2D eigenvalue weighted by atomic mass is 32.2. The molecule has 0 fully saturated rings. The maximum Gasteiger partial charge on any atom is 0.338 e. The summed E-state index contributed by atoms with van der Waals surface area (Å²) in [7, 11) is -4.43. The molecule has 9 nitrogen and oxygen atoms in total. The zero-order valence-corrected chi connectivity index (χ0v) is 17.7. The Kier molecular flexibility index (Phi) is 9.76. The molecular weight excluding hydrogens is 392 g/mol. The Morgan fingerprint density at radius 2 is 1.38 bits per heavy atom. The number of hydrogen-bond donors (Lipinski definition) is 3. The number of anilines is 1. The van der Waals surface area contributed by atoms with Crippen LogP contribution in [-0.2, 0) is 10.1 Å². The van der Waals surface area contributed by atoms with Crippen LogP contribution in [0.2, 0.25) is 0 Å². The number of guanidine groups is 1. The average Bonchev–Trinajstić information content (AvgIpc) is 2.68. The van der Waals surface area contributed by atoms with E-state index in [1.54, 1.807) is 0 Å². The van der Waals surface area contributed by atoms with Gasteiger partial charge in [-0.05, 0) is 69.3 Å². The summed E-state index contributed by atoms with van der Waals surface area (Å²) in [5.74, 6) is 0.289. The summed E-state index contributed by atoms with van der Waals surface area (Å²) < 4.78 is 32.5. The van der Waals surface area contributed by atoms with Crippen molar-refractivity contribution >= 4 is 33.1 Å². The third kappa shape index (κ3) is 8.71. The van der Waals surface area contributed by atoms with Gasteiger partial charge in [-0.3, -0.25) is 16.5 Å². The molecule has 0 saturated heterocycles. The first-order valence-corrected chi connectivity index (χ1v) is 10.6. The summed E-state index contributed by atoms with van der Waals surface area (Å²) in [6.45, 7) is 8.80. The van der Waals surface area contributed by atoms with Gasteiger partial charge in [0.25, 0.3) is 0 Å². The first kappa shape index (κ1) is 24.1. The Labute approximate surface area is 171 Å². The zero-order valence-electron chi connectivity index (χ0n) is 16.9. The normalized spacial score (nSPS) is 10.9. The molecule has 0 aliphatic heterocycles. The summed E-state index contributed by atoms with van der Waals surface area (Å²) in [6, 6.07) is 13.0. The van der Waals surface area contributed by atoms with Gasteiger partial charge in [-0.1, -0.05) is 0 Å². The molecule has 0 spiro atoms. The third-order valence-electron chi connectivity index (χ3n) is 3.77. The number of nitrogens with one attached hydrogen (secondary N) is 1. The van der Waals surface area contributed by atoms with Crippen LogP contribution in [0.3, 0.4) is 0 Å². The van der Waals surface area contributed by atoms with Crippen LogP contribution >= 0.6 is 0 Å². The molecule has 0 amide bonds. The highest BCUT2D eigenvalue weighted by Gasteiger charge is 2.02. The van der Waals surface area contributed by atoms with E-state index in [-0.39, 0.29) is 10.9 Å². The predicted molar refractivity (Wildman–Crippen MR) is 113 cm³/mol.